The molecular weight excluding hydrogens is 399 g/mol. The zero-order valence-electron chi connectivity index (χ0n) is 15.2. The average Bonchev–Trinajstić information content (AvgIpc) is 3.24. The number of hydrogen-bond acceptors (Lipinski definition) is 8. The fraction of sp³-hybridized carbons (Fsp3) is 0.278. The Morgan fingerprint density at radius 3 is 2.66 bits per heavy atom. The number of sulfonamides is 1. The summed E-state index contributed by atoms with van der Waals surface area (Å²) in [7, 11) is -3.78. The van der Waals surface area contributed by atoms with Gasteiger partial charge in [-0.3, -0.25) is 4.90 Å². The van der Waals surface area contributed by atoms with E-state index in [-0.39, 0.29) is 22.1 Å². The Balaban J connectivity index is 1.46. The third-order valence-electron chi connectivity index (χ3n) is 5.28. The number of primary sulfonamides is 1. The third-order valence-corrected chi connectivity index (χ3v) is 6.21. The number of fused-ring (bicyclic) bond motifs is 1. The van der Waals surface area contributed by atoms with Gasteiger partial charge in [-0.2, -0.15) is 4.98 Å². The Kier molecular flexibility index (Phi) is 3.87. The first-order valence-corrected chi connectivity index (χ1v) is 10.5. The van der Waals surface area contributed by atoms with Crippen molar-refractivity contribution >= 4 is 33.4 Å². The lowest BCUT2D eigenvalue weighted by Crippen LogP contribution is -2.34. The quantitative estimate of drug-likeness (QED) is 0.664. The molecule has 1 aromatic carbocycles. The van der Waals surface area contributed by atoms with Crippen LogP contribution in [0.4, 0.5) is 27.7 Å². The zero-order valence-corrected chi connectivity index (χ0v) is 16.0. The van der Waals surface area contributed by atoms with Gasteiger partial charge in [0.2, 0.25) is 21.9 Å². The first-order valence-electron chi connectivity index (χ1n) is 8.95. The maximum atomic E-state index is 14.6. The highest BCUT2D eigenvalue weighted by molar-refractivity contribution is 7.89. The van der Waals surface area contributed by atoms with Gasteiger partial charge in [0.15, 0.2) is 18.0 Å². The van der Waals surface area contributed by atoms with Gasteiger partial charge in [-0.05, 0) is 42.5 Å². The summed E-state index contributed by atoms with van der Waals surface area (Å²) in [4.78, 5) is 14.3. The molecule has 1 aliphatic heterocycles. The van der Waals surface area contributed by atoms with E-state index in [1.54, 1.807) is 4.90 Å². The number of aromatic nitrogens is 3. The summed E-state index contributed by atoms with van der Waals surface area (Å²) in [6.07, 6.45) is 5.40. The number of nitrogens with one attached hydrogen (secondary N) is 1. The van der Waals surface area contributed by atoms with Crippen molar-refractivity contribution < 1.29 is 17.2 Å². The number of oxazole rings is 1. The van der Waals surface area contributed by atoms with Crippen molar-refractivity contribution in [2.24, 2.45) is 10.6 Å². The minimum absolute atomic E-state index is 0.00957. The third kappa shape index (κ3) is 3.32. The van der Waals surface area contributed by atoms with Crippen molar-refractivity contribution in [1.82, 2.24) is 15.0 Å². The van der Waals surface area contributed by atoms with E-state index in [1.165, 1.54) is 30.7 Å². The van der Waals surface area contributed by atoms with Gasteiger partial charge in [0.1, 0.15) is 5.69 Å². The first kappa shape index (κ1) is 18.0. The van der Waals surface area contributed by atoms with Crippen LogP contribution in [0.5, 0.6) is 0 Å². The smallest absolute Gasteiger partial charge is 0.238 e. The lowest BCUT2D eigenvalue weighted by Gasteiger charge is -2.31. The van der Waals surface area contributed by atoms with Crippen molar-refractivity contribution in [3.05, 3.63) is 48.4 Å². The van der Waals surface area contributed by atoms with Crippen LogP contribution in [0.25, 0.3) is 0 Å². The van der Waals surface area contributed by atoms with E-state index in [0.29, 0.717) is 18.1 Å². The number of rotatable bonds is 4. The number of nitrogens with zero attached hydrogens (tertiary/aromatic N) is 4. The van der Waals surface area contributed by atoms with E-state index in [2.05, 4.69) is 20.3 Å². The predicted molar refractivity (Wildman–Crippen MR) is 102 cm³/mol. The molecule has 0 amide bonds. The monoisotopic (exact) mass is 416 g/mol. The minimum atomic E-state index is -3.78. The molecule has 150 valence electrons. The molecule has 0 saturated heterocycles. The molecule has 2 aliphatic rings. The van der Waals surface area contributed by atoms with Crippen LogP contribution in [-0.2, 0) is 16.4 Å². The van der Waals surface area contributed by atoms with E-state index in [0.717, 1.165) is 31.2 Å². The van der Waals surface area contributed by atoms with Crippen LogP contribution in [0, 0.1) is 11.2 Å². The first-order chi connectivity index (χ1) is 13.8. The van der Waals surface area contributed by atoms with Gasteiger partial charge in [-0.1, -0.05) is 0 Å². The maximum Gasteiger partial charge on any atom is 0.238 e. The summed E-state index contributed by atoms with van der Waals surface area (Å²) in [6.45, 7) is 0.603. The molecule has 0 bridgehead atoms. The molecule has 0 atom stereocenters. The zero-order chi connectivity index (χ0) is 20.2. The van der Waals surface area contributed by atoms with Crippen molar-refractivity contribution in [2.45, 2.75) is 24.2 Å². The highest BCUT2D eigenvalue weighted by atomic mass is 32.2. The Morgan fingerprint density at radius 1 is 1.21 bits per heavy atom. The van der Waals surface area contributed by atoms with E-state index in [9.17, 15) is 12.8 Å². The van der Waals surface area contributed by atoms with E-state index in [1.807, 2.05) is 0 Å². The van der Waals surface area contributed by atoms with Crippen LogP contribution in [0.2, 0.25) is 0 Å². The Hall–Kier alpha value is -3.05. The standard InChI is InChI=1S/C18H17FN6O3S/c19-13-8-21-17(23-11-1-3-12(4-2-11)29(20,26)27)24-15(13)25-9-18(5-6-18)7-14-16(25)28-10-22-14/h1-4,8,10H,5-7,9H2,(H2,20,26,27)(H,21,23,24). The highest BCUT2D eigenvalue weighted by Gasteiger charge is 2.50. The van der Waals surface area contributed by atoms with Crippen LogP contribution in [0.1, 0.15) is 18.5 Å². The minimum Gasteiger partial charge on any atom is -0.427 e. The Bertz CT molecular complexity index is 1190. The number of nitrogens with two attached hydrogens (primary N) is 1. The Morgan fingerprint density at radius 2 is 1.97 bits per heavy atom. The molecule has 3 heterocycles. The molecule has 9 nitrogen and oxygen atoms in total. The van der Waals surface area contributed by atoms with Crippen LogP contribution in [-0.4, -0.2) is 29.9 Å². The topological polar surface area (TPSA) is 127 Å². The molecule has 1 aliphatic carbocycles. The molecule has 0 radical (unpaired) electrons. The summed E-state index contributed by atoms with van der Waals surface area (Å²) in [5.41, 5.74) is 1.44. The number of anilines is 4. The van der Waals surface area contributed by atoms with Crippen molar-refractivity contribution in [3.8, 4) is 0 Å². The molecule has 1 fully saturated rings. The second-order valence-electron chi connectivity index (χ2n) is 7.43. The maximum absolute atomic E-state index is 14.6. The van der Waals surface area contributed by atoms with Crippen molar-refractivity contribution in [3.63, 3.8) is 0 Å². The molecule has 0 unspecified atom stereocenters. The molecule has 3 aromatic rings. The fourth-order valence-corrected chi connectivity index (χ4v) is 4.08. The predicted octanol–water partition coefficient (Wildman–Crippen LogP) is 2.47. The molecule has 1 saturated carbocycles. The van der Waals surface area contributed by atoms with Gasteiger partial charge in [0.05, 0.1) is 11.1 Å². The fourth-order valence-electron chi connectivity index (χ4n) is 3.57. The van der Waals surface area contributed by atoms with Gasteiger partial charge in [-0.15, -0.1) is 0 Å². The number of benzene rings is 1. The largest absolute Gasteiger partial charge is 0.427 e. The number of halogens is 1. The van der Waals surface area contributed by atoms with Crippen LogP contribution in [0.3, 0.4) is 0 Å². The second-order valence-corrected chi connectivity index (χ2v) is 8.99. The van der Waals surface area contributed by atoms with Crippen molar-refractivity contribution in [2.75, 3.05) is 16.8 Å². The van der Waals surface area contributed by atoms with Crippen molar-refractivity contribution in [1.29, 1.82) is 0 Å². The molecule has 5 rings (SSSR count). The summed E-state index contributed by atoms with van der Waals surface area (Å²) >= 11 is 0. The Labute approximate surface area is 165 Å². The van der Waals surface area contributed by atoms with Crippen LogP contribution < -0.4 is 15.4 Å². The molecular formula is C18H17FN6O3S. The normalized spacial score (nSPS) is 17.2. The summed E-state index contributed by atoms with van der Waals surface area (Å²) < 4.78 is 42.8. The van der Waals surface area contributed by atoms with Gasteiger partial charge in [0.25, 0.3) is 0 Å². The van der Waals surface area contributed by atoms with Gasteiger partial charge in [0, 0.05) is 18.7 Å². The summed E-state index contributed by atoms with van der Waals surface area (Å²) in [6, 6.07) is 5.79. The van der Waals surface area contributed by atoms with Crippen LogP contribution >= 0.6 is 0 Å². The van der Waals surface area contributed by atoms with Gasteiger partial charge in [-0.25, -0.2) is 27.9 Å². The molecule has 29 heavy (non-hydrogen) atoms. The number of hydrogen-bond donors (Lipinski definition) is 2. The second kappa shape index (κ2) is 6.22. The highest BCUT2D eigenvalue weighted by Crippen LogP contribution is 2.54. The van der Waals surface area contributed by atoms with Gasteiger partial charge >= 0.3 is 0 Å². The van der Waals surface area contributed by atoms with Gasteiger partial charge < -0.3 is 9.73 Å². The molecule has 1 spiro atoms. The lowest BCUT2D eigenvalue weighted by atomic mass is 9.95. The summed E-state index contributed by atoms with van der Waals surface area (Å²) in [5.74, 6) is 0.206. The lowest BCUT2D eigenvalue weighted by molar-refractivity contribution is 0.450. The molecule has 3 N–H and O–H groups in total. The SMILES string of the molecule is NS(=O)(=O)c1ccc(Nc2ncc(F)c(N3CC4(CC4)Cc4ncoc43)n2)cc1. The van der Waals surface area contributed by atoms with E-state index < -0.39 is 15.8 Å². The molecule has 11 heteroatoms. The van der Waals surface area contributed by atoms with E-state index >= 15 is 0 Å². The van der Waals surface area contributed by atoms with Crippen LogP contribution in [0.15, 0.2) is 46.2 Å². The van der Waals surface area contributed by atoms with E-state index in [4.69, 9.17) is 9.56 Å². The molecule has 2 aromatic heterocycles. The summed E-state index contributed by atoms with van der Waals surface area (Å²) in [5, 5.41) is 8.05. The average molecular weight is 416 g/mol.